The Morgan fingerprint density at radius 2 is 2.27 bits per heavy atom. The molecule has 0 fully saturated rings. The van der Waals surface area contributed by atoms with Crippen LogP contribution in [0, 0.1) is 5.41 Å². The van der Waals surface area contributed by atoms with Crippen LogP contribution >= 0.6 is 0 Å². The van der Waals surface area contributed by atoms with Crippen molar-refractivity contribution in [3.8, 4) is 0 Å². The fourth-order valence-electron chi connectivity index (χ4n) is 0.921. The van der Waals surface area contributed by atoms with E-state index in [1.54, 1.807) is 0 Å². The second-order valence-electron chi connectivity index (χ2n) is 2.85. The highest BCUT2D eigenvalue weighted by atomic mass is 16.3. The molecule has 0 saturated carbocycles. The minimum absolute atomic E-state index is 0.0469. The monoisotopic (exact) mass is 159 g/mol. The maximum Gasteiger partial charge on any atom is 0.128 e. The largest absolute Gasteiger partial charge is 0.395 e. The highest BCUT2D eigenvalue weighted by Gasteiger charge is 2.25. The van der Waals surface area contributed by atoms with Crippen molar-refractivity contribution < 1.29 is 9.90 Å². The standard InChI is InChI=1S/C8H17NO2/c1-3-8(6-10,7-11)4-5-9-2/h6,9,11H,3-5,7H2,1-2H3/t8-/m1/s1. The van der Waals surface area contributed by atoms with Crippen molar-refractivity contribution in [1.82, 2.24) is 5.32 Å². The Labute approximate surface area is 67.8 Å². The molecule has 0 radical (unpaired) electrons. The molecule has 0 aromatic rings. The molecule has 2 N–H and O–H groups in total. The number of aldehydes is 1. The highest BCUT2D eigenvalue weighted by molar-refractivity contribution is 5.59. The van der Waals surface area contributed by atoms with Gasteiger partial charge in [0.05, 0.1) is 6.61 Å². The molecule has 0 aromatic heterocycles. The van der Waals surface area contributed by atoms with Crippen LogP contribution in [0.5, 0.6) is 0 Å². The molecule has 0 rings (SSSR count). The summed E-state index contributed by atoms with van der Waals surface area (Å²) in [5.41, 5.74) is -0.511. The van der Waals surface area contributed by atoms with Crippen LogP contribution in [0.15, 0.2) is 0 Å². The third-order valence-corrected chi connectivity index (χ3v) is 2.14. The van der Waals surface area contributed by atoms with Gasteiger partial charge in [-0.1, -0.05) is 6.92 Å². The summed E-state index contributed by atoms with van der Waals surface area (Å²) in [6.45, 7) is 2.64. The van der Waals surface area contributed by atoms with Gasteiger partial charge in [0, 0.05) is 5.41 Å². The molecule has 0 aromatic carbocycles. The van der Waals surface area contributed by atoms with Gasteiger partial charge in [-0.05, 0) is 26.4 Å². The van der Waals surface area contributed by atoms with Crippen LogP contribution < -0.4 is 5.32 Å². The molecule has 0 amide bonds. The molecule has 0 spiro atoms. The minimum atomic E-state index is -0.511. The van der Waals surface area contributed by atoms with E-state index >= 15 is 0 Å². The molecular formula is C8H17NO2. The number of aliphatic hydroxyl groups is 1. The molecule has 3 heteroatoms. The first-order chi connectivity index (χ1) is 5.24. The molecule has 66 valence electrons. The molecule has 0 saturated heterocycles. The maximum atomic E-state index is 10.6. The zero-order valence-electron chi connectivity index (χ0n) is 7.26. The van der Waals surface area contributed by atoms with Gasteiger partial charge in [-0.3, -0.25) is 0 Å². The quantitative estimate of drug-likeness (QED) is 0.544. The summed E-state index contributed by atoms with van der Waals surface area (Å²) in [6.07, 6.45) is 2.28. The molecule has 0 aliphatic heterocycles. The Hall–Kier alpha value is -0.410. The first kappa shape index (κ1) is 10.6. The predicted molar refractivity (Wildman–Crippen MR) is 44.4 cm³/mol. The molecule has 0 bridgehead atoms. The number of carbonyl (C=O) groups excluding carboxylic acids is 1. The Bertz CT molecular complexity index is 111. The molecule has 11 heavy (non-hydrogen) atoms. The van der Waals surface area contributed by atoms with Crippen molar-refractivity contribution in [3.05, 3.63) is 0 Å². The van der Waals surface area contributed by atoms with Crippen LogP contribution in [-0.4, -0.2) is 31.6 Å². The normalized spacial score (nSPS) is 15.9. The Morgan fingerprint density at radius 3 is 2.55 bits per heavy atom. The average Bonchev–Trinajstić information content (AvgIpc) is 2.08. The van der Waals surface area contributed by atoms with E-state index in [-0.39, 0.29) is 6.61 Å². The summed E-state index contributed by atoms with van der Waals surface area (Å²) < 4.78 is 0. The van der Waals surface area contributed by atoms with E-state index in [0.717, 1.165) is 12.8 Å². The van der Waals surface area contributed by atoms with Crippen molar-refractivity contribution in [2.45, 2.75) is 19.8 Å². The number of nitrogens with one attached hydrogen (secondary N) is 1. The number of hydrogen-bond donors (Lipinski definition) is 2. The van der Waals surface area contributed by atoms with Crippen LogP contribution in [0.1, 0.15) is 19.8 Å². The van der Waals surface area contributed by atoms with Gasteiger partial charge in [0.2, 0.25) is 0 Å². The summed E-state index contributed by atoms with van der Waals surface area (Å²) in [5.74, 6) is 0. The van der Waals surface area contributed by atoms with Crippen LogP contribution in [0.25, 0.3) is 0 Å². The van der Waals surface area contributed by atoms with E-state index < -0.39 is 5.41 Å². The molecule has 1 atom stereocenters. The lowest BCUT2D eigenvalue weighted by Gasteiger charge is -2.23. The predicted octanol–water partition coefficient (Wildman–Crippen LogP) is 0.183. The molecule has 0 heterocycles. The number of rotatable bonds is 6. The van der Waals surface area contributed by atoms with E-state index in [9.17, 15) is 4.79 Å². The maximum absolute atomic E-state index is 10.6. The lowest BCUT2D eigenvalue weighted by molar-refractivity contribution is -0.118. The first-order valence-electron chi connectivity index (χ1n) is 3.96. The zero-order chi connectivity index (χ0) is 8.74. The van der Waals surface area contributed by atoms with Gasteiger partial charge in [0.1, 0.15) is 6.29 Å². The zero-order valence-corrected chi connectivity index (χ0v) is 7.26. The Balaban J connectivity index is 3.94. The molecule has 0 aliphatic carbocycles. The Morgan fingerprint density at radius 1 is 1.64 bits per heavy atom. The van der Waals surface area contributed by atoms with Crippen molar-refractivity contribution in [2.24, 2.45) is 5.41 Å². The number of carbonyl (C=O) groups is 1. The van der Waals surface area contributed by atoms with Gasteiger partial charge in [0.25, 0.3) is 0 Å². The molecule has 3 nitrogen and oxygen atoms in total. The minimum Gasteiger partial charge on any atom is -0.395 e. The summed E-state index contributed by atoms with van der Waals surface area (Å²) in [4.78, 5) is 10.6. The highest BCUT2D eigenvalue weighted by Crippen LogP contribution is 2.21. The van der Waals surface area contributed by atoms with Gasteiger partial charge >= 0.3 is 0 Å². The fourth-order valence-corrected chi connectivity index (χ4v) is 0.921. The van der Waals surface area contributed by atoms with Crippen LogP contribution in [0.2, 0.25) is 0 Å². The number of hydrogen-bond acceptors (Lipinski definition) is 3. The van der Waals surface area contributed by atoms with Gasteiger partial charge in [0.15, 0.2) is 0 Å². The van der Waals surface area contributed by atoms with Crippen LogP contribution in [0.4, 0.5) is 0 Å². The van der Waals surface area contributed by atoms with Crippen molar-refractivity contribution in [1.29, 1.82) is 0 Å². The van der Waals surface area contributed by atoms with E-state index in [4.69, 9.17) is 5.11 Å². The third kappa shape index (κ3) is 2.99. The summed E-state index contributed by atoms with van der Waals surface area (Å²) >= 11 is 0. The van der Waals surface area contributed by atoms with Crippen LogP contribution in [0.3, 0.4) is 0 Å². The summed E-state index contributed by atoms with van der Waals surface area (Å²) in [6, 6.07) is 0. The van der Waals surface area contributed by atoms with Gasteiger partial charge in [-0.15, -0.1) is 0 Å². The molecular weight excluding hydrogens is 142 g/mol. The lowest BCUT2D eigenvalue weighted by Crippen LogP contribution is -2.30. The van der Waals surface area contributed by atoms with Gasteiger partial charge in [-0.2, -0.15) is 0 Å². The molecule has 0 aliphatic rings. The Kier molecular flexibility index (Phi) is 5.07. The number of aliphatic hydroxyl groups excluding tert-OH is 1. The summed E-state index contributed by atoms with van der Waals surface area (Å²) in [5, 5.41) is 11.9. The third-order valence-electron chi connectivity index (χ3n) is 2.14. The van der Waals surface area contributed by atoms with Crippen molar-refractivity contribution >= 4 is 6.29 Å². The fraction of sp³-hybridized carbons (Fsp3) is 0.875. The smallest absolute Gasteiger partial charge is 0.128 e. The second kappa shape index (κ2) is 5.27. The second-order valence-corrected chi connectivity index (χ2v) is 2.85. The van der Waals surface area contributed by atoms with Crippen molar-refractivity contribution in [2.75, 3.05) is 20.2 Å². The average molecular weight is 159 g/mol. The van der Waals surface area contributed by atoms with Gasteiger partial charge < -0.3 is 15.2 Å². The SMILES string of the molecule is CC[C@@](C=O)(CO)CCNC. The van der Waals surface area contributed by atoms with E-state index in [1.807, 2.05) is 14.0 Å². The van der Waals surface area contributed by atoms with Crippen molar-refractivity contribution in [3.63, 3.8) is 0 Å². The van der Waals surface area contributed by atoms with E-state index in [2.05, 4.69) is 5.32 Å². The topological polar surface area (TPSA) is 49.3 Å². The molecule has 0 unspecified atom stereocenters. The summed E-state index contributed by atoms with van der Waals surface area (Å²) in [7, 11) is 1.84. The van der Waals surface area contributed by atoms with Gasteiger partial charge in [-0.25, -0.2) is 0 Å². The first-order valence-corrected chi connectivity index (χ1v) is 3.96. The van der Waals surface area contributed by atoms with E-state index in [1.165, 1.54) is 0 Å². The van der Waals surface area contributed by atoms with Crippen LogP contribution in [-0.2, 0) is 4.79 Å². The lowest BCUT2D eigenvalue weighted by atomic mass is 9.84. The van der Waals surface area contributed by atoms with E-state index in [0.29, 0.717) is 12.8 Å².